The van der Waals surface area contributed by atoms with Crippen LogP contribution >= 0.6 is 0 Å². The van der Waals surface area contributed by atoms with Crippen LogP contribution in [-0.2, 0) is 27.5 Å². The molecule has 13 heteroatoms. The van der Waals surface area contributed by atoms with Gasteiger partial charge in [0, 0.05) is 25.1 Å². The average Bonchev–Trinajstić information content (AvgIpc) is 3.29. The number of hydrogen-bond donors (Lipinski definition) is 1. The minimum Gasteiger partial charge on any atom is -0.481 e. The van der Waals surface area contributed by atoms with Crippen LogP contribution in [0.4, 0.5) is 22.0 Å². The zero-order chi connectivity index (χ0) is 28.5. The monoisotopic (exact) mass is 569 g/mol. The summed E-state index contributed by atoms with van der Waals surface area (Å²) in [4.78, 5) is 16.3. The van der Waals surface area contributed by atoms with Crippen LogP contribution < -0.4 is 10.1 Å². The van der Waals surface area contributed by atoms with Crippen molar-refractivity contribution in [2.75, 3.05) is 13.7 Å². The number of hydrogen-bond acceptors (Lipinski definition) is 5. The number of pyridine rings is 1. The maximum atomic E-state index is 14.3. The summed E-state index contributed by atoms with van der Waals surface area (Å²) in [7, 11) is -3.07. The summed E-state index contributed by atoms with van der Waals surface area (Å²) in [6.07, 6.45) is -6.56. The van der Waals surface area contributed by atoms with Gasteiger partial charge in [-0.2, -0.15) is 17.5 Å². The number of halogens is 5. The lowest BCUT2D eigenvalue weighted by molar-refractivity contribution is -0.141. The van der Waals surface area contributed by atoms with Gasteiger partial charge in [0.1, 0.15) is 23.7 Å². The zero-order valence-electron chi connectivity index (χ0n) is 20.8. The first-order valence-electron chi connectivity index (χ1n) is 11.7. The third-order valence-corrected chi connectivity index (χ3v) is 8.08. The van der Waals surface area contributed by atoms with Gasteiger partial charge in [-0.25, -0.2) is 22.2 Å². The molecule has 2 heterocycles. The molecule has 1 aromatic heterocycles. The Hall–Kier alpha value is -3.58. The highest BCUT2D eigenvalue weighted by Gasteiger charge is 2.44. The second-order valence-electron chi connectivity index (χ2n) is 9.05. The largest absolute Gasteiger partial charge is 0.481 e. The van der Waals surface area contributed by atoms with E-state index in [9.17, 15) is 35.2 Å². The first-order valence-corrected chi connectivity index (χ1v) is 13.2. The quantitative estimate of drug-likeness (QED) is 0.419. The van der Waals surface area contributed by atoms with Crippen LogP contribution in [0.2, 0.25) is 0 Å². The number of ether oxygens (including phenoxy) is 1. The number of carbonyl (C=O) groups excluding carboxylic acids is 1. The molecule has 2 atom stereocenters. The predicted octanol–water partition coefficient (Wildman–Crippen LogP) is 4.64. The Morgan fingerprint density at radius 3 is 2.46 bits per heavy atom. The summed E-state index contributed by atoms with van der Waals surface area (Å²) in [5, 5.41) is 2.62. The van der Waals surface area contributed by atoms with E-state index < -0.39 is 52.4 Å². The number of benzene rings is 2. The Balaban J connectivity index is 1.54. The van der Waals surface area contributed by atoms with Crippen LogP contribution in [0.25, 0.3) is 11.1 Å². The van der Waals surface area contributed by atoms with Gasteiger partial charge in [-0.15, -0.1) is 0 Å². The molecule has 0 unspecified atom stereocenters. The number of nitrogens with zero attached hydrogens (tertiary/aromatic N) is 2. The van der Waals surface area contributed by atoms with E-state index in [-0.39, 0.29) is 23.7 Å². The highest BCUT2D eigenvalue weighted by molar-refractivity contribution is 7.89. The molecule has 1 N–H and O–H groups in total. The number of amides is 1. The minimum absolute atomic E-state index is 0.0677. The second kappa shape index (κ2) is 10.9. The minimum atomic E-state index is -4.65. The highest BCUT2D eigenvalue weighted by atomic mass is 32.2. The topological polar surface area (TPSA) is 88.6 Å². The lowest BCUT2D eigenvalue weighted by Gasteiger charge is -2.23. The number of aryl methyl sites for hydroxylation is 1. The Morgan fingerprint density at radius 1 is 1.13 bits per heavy atom. The first kappa shape index (κ1) is 28.4. The van der Waals surface area contributed by atoms with E-state index in [2.05, 4.69) is 10.3 Å². The van der Waals surface area contributed by atoms with E-state index in [1.165, 1.54) is 13.2 Å². The number of alkyl halides is 4. The van der Waals surface area contributed by atoms with Crippen LogP contribution in [0, 0.1) is 12.7 Å². The summed E-state index contributed by atoms with van der Waals surface area (Å²) in [5.74, 6) is -1.60. The van der Waals surface area contributed by atoms with E-state index in [1.54, 1.807) is 25.1 Å². The van der Waals surface area contributed by atoms with Crippen molar-refractivity contribution in [1.82, 2.24) is 14.6 Å². The molecule has 0 bridgehead atoms. The fourth-order valence-corrected chi connectivity index (χ4v) is 6.03. The Bertz CT molecular complexity index is 1480. The van der Waals surface area contributed by atoms with E-state index in [1.807, 2.05) is 0 Å². The van der Waals surface area contributed by atoms with Gasteiger partial charge >= 0.3 is 6.18 Å². The van der Waals surface area contributed by atoms with Gasteiger partial charge in [0.15, 0.2) is 0 Å². The van der Waals surface area contributed by atoms with Crippen molar-refractivity contribution < 1.29 is 39.9 Å². The molecule has 1 amide bonds. The fourth-order valence-electron chi connectivity index (χ4n) is 4.40. The molecule has 1 fully saturated rings. The van der Waals surface area contributed by atoms with Crippen molar-refractivity contribution in [3.05, 3.63) is 77.2 Å². The molecule has 0 spiro atoms. The van der Waals surface area contributed by atoms with Gasteiger partial charge in [-0.1, -0.05) is 17.7 Å². The van der Waals surface area contributed by atoms with Crippen molar-refractivity contribution in [2.45, 2.75) is 43.2 Å². The van der Waals surface area contributed by atoms with Gasteiger partial charge < -0.3 is 10.1 Å². The van der Waals surface area contributed by atoms with Gasteiger partial charge in [-0.05, 0) is 60.5 Å². The molecule has 1 saturated heterocycles. The van der Waals surface area contributed by atoms with Crippen molar-refractivity contribution in [2.24, 2.45) is 0 Å². The molecule has 1 aliphatic rings. The SMILES string of the molecule is COc1nc(C(F)(F)F)ccc1-c1cc(C)cc(CNC(=O)[C@@H]2C[C@@H](F)CN2S(=O)(=O)c2ccc(F)cc2)c1. The zero-order valence-corrected chi connectivity index (χ0v) is 21.6. The fraction of sp³-hybridized carbons (Fsp3) is 0.308. The number of aromatic nitrogens is 1. The Kier molecular flexibility index (Phi) is 7.94. The molecule has 0 aliphatic carbocycles. The molecule has 4 rings (SSSR count). The van der Waals surface area contributed by atoms with Crippen LogP contribution in [0.1, 0.15) is 23.2 Å². The van der Waals surface area contributed by atoms with E-state index in [0.29, 0.717) is 16.7 Å². The summed E-state index contributed by atoms with van der Waals surface area (Å²) in [6.45, 7) is 1.16. The normalized spacial score (nSPS) is 18.2. The molecule has 1 aliphatic heterocycles. The molecule has 7 nitrogen and oxygen atoms in total. The Labute approximate surface area is 221 Å². The highest BCUT2D eigenvalue weighted by Crippen LogP contribution is 2.35. The number of rotatable bonds is 7. The van der Waals surface area contributed by atoms with Crippen molar-refractivity contribution in [3.8, 4) is 17.0 Å². The molecule has 39 heavy (non-hydrogen) atoms. The smallest absolute Gasteiger partial charge is 0.433 e. The maximum absolute atomic E-state index is 14.3. The molecular weight excluding hydrogens is 545 g/mol. The van der Waals surface area contributed by atoms with Crippen LogP contribution in [0.5, 0.6) is 5.88 Å². The van der Waals surface area contributed by atoms with Crippen LogP contribution in [0.3, 0.4) is 0 Å². The third-order valence-electron chi connectivity index (χ3n) is 6.19. The van der Waals surface area contributed by atoms with E-state index in [4.69, 9.17) is 4.74 Å². The lowest BCUT2D eigenvalue weighted by atomic mass is 10.0. The van der Waals surface area contributed by atoms with Gasteiger partial charge in [0.25, 0.3) is 0 Å². The van der Waals surface area contributed by atoms with Crippen LogP contribution in [0.15, 0.2) is 59.5 Å². The van der Waals surface area contributed by atoms with E-state index >= 15 is 0 Å². The average molecular weight is 570 g/mol. The first-order chi connectivity index (χ1) is 18.3. The second-order valence-corrected chi connectivity index (χ2v) is 10.9. The summed E-state index contributed by atoms with van der Waals surface area (Å²) < 4.78 is 98.7. The Morgan fingerprint density at radius 2 is 1.82 bits per heavy atom. The van der Waals surface area contributed by atoms with Gasteiger partial charge in [-0.3, -0.25) is 4.79 Å². The third kappa shape index (κ3) is 6.19. The molecule has 0 radical (unpaired) electrons. The number of methoxy groups -OCH3 is 1. The number of carbonyl (C=O) groups is 1. The van der Waals surface area contributed by atoms with Gasteiger partial charge in [0.05, 0.1) is 12.0 Å². The molecule has 208 valence electrons. The van der Waals surface area contributed by atoms with Gasteiger partial charge in [0.2, 0.25) is 21.8 Å². The van der Waals surface area contributed by atoms with Crippen molar-refractivity contribution in [3.63, 3.8) is 0 Å². The standard InChI is InChI=1S/C26H24F5N3O4S/c1-15-9-16(11-17(10-15)21-7-8-23(26(29,30)31)33-25(21)38-2)13-32-24(35)22-12-19(28)14-34(22)39(36,37)20-5-3-18(27)4-6-20/h3-11,19,22H,12-14H2,1-2H3,(H,32,35)/t19-,22+/m1/s1. The molecule has 0 saturated carbocycles. The maximum Gasteiger partial charge on any atom is 0.433 e. The molecule has 3 aromatic rings. The predicted molar refractivity (Wildman–Crippen MR) is 131 cm³/mol. The van der Waals surface area contributed by atoms with Crippen molar-refractivity contribution >= 4 is 15.9 Å². The van der Waals surface area contributed by atoms with E-state index in [0.717, 1.165) is 40.2 Å². The van der Waals surface area contributed by atoms with Crippen molar-refractivity contribution in [1.29, 1.82) is 0 Å². The summed E-state index contributed by atoms with van der Waals surface area (Å²) in [5.41, 5.74) is 0.968. The number of nitrogens with one attached hydrogen (secondary N) is 1. The summed E-state index contributed by atoms with van der Waals surface area (Å²) >= 11 is 0. The number of sulfonamides is 1. The molecular formula is C26H24F5N3O4S. The molecule has 2 aromatic carbocycles. The lowest BCUT2D eigenvalue weighted by Crippen LogP contribution is -2.45. The summed E-state index contributed by atoms with van der Waals surface area (Å²) in [6, 6.07) is 9.83. The van der Waals surface area contributed by atoms with Crippen LogP contribution in [-0.4, -0.2) is 49.5 Å².